The molecule has 1 aliphatic rings. The molecule has 0 radical (unpaired) electrons. The number of aromatic nitrogens is 5. The number of nitrogens with one attached hydrogen (secondary N) is 1. The van der Waals surface area contributed by atoms with Crippen LogP contribution in [0.5, 0.6) is 0 Å². The van der Waals surface area contributed by atoms with Crippen LogP contribution in [0.3, 0.4) is 0 Å². The molecule has 7 heteroatoms. The van der Waals surface area contributed by atoms with Gasteiger partial charge in [0.25, 0.3) is 5.91 Å². The smallest absolute Gasteiger partial charge is 0.274 e. The lowest BCUT2D eigenvalue weighted by molar-refractivity contribution is 0.0707. The molecule has 130 valence electrons. The molecule has 3 aromatic heterocycles. The van der Waals surface area contributed by atoms with Crippen LogP contribution in [0.2, 0.25) is 0 Å². The third kappa shape index (κ3) is 2.35. The molecule has 7 nitrogen and oxygen atoms in total. The van der Waals surface area contributed by atoms with E-state index in [-0.39, 0.29) is 5.91 Å². The number of aromatic amines is 1. The lowest BCUT2D eigenvalue weighted by atomic mass is 9.95. The standard InChI is InChI=1S/C19H18N6O/c26-19(17-14-5-1-2-6-15(14)20-22-17)24-11-8-13(9-12-24)18-23-21-16-7-3-4-10-25(16)18/h1-7,10,13H,8-9,11-12H2,(H,20,22). The third-order valence-corrected chi connectivity index (χ3v) is 5.16. The van der Waals surface area contributed by atoms with Crippen LogP contribution in [0.4, 0.5) is 0 Å². The van der Waals surface area contributed by atoms with Gasteiger partial charge in [-0.25, -0.2) is 0 Å². The zero-order chi connectivity index (χ0) is 17.5. The van der Waals surface area contributed by atoms with Gasteiger partial charge in [-0.15, -0.1) is 10.2 Å². The summed E-state index contributed by atoms with van der Waals surface area (Å²) in [6.07, 6.45) is 3.76. The molecule has 4 heterocycles. The predicted octanol–water partition coefficient (Wildman–Crippen LogP) is 2.63. The van der Waals surface area contributed by atoms with Gasteiger partial charge in [-0.3, -0.25) is 14.3 Å². The molecule has 5 rings (SSSR count). The summed E-state index contributed by atoms with van der Waals surface area (Å²) in [5.74, 6) is 1.29. The first kappa shape index (κ1) is 15.1. The van der Waals surface area contributed by atoms with Gasteiger partial charge in [0.2, 0.25) is 0 Å². The number of amides is 1. The number of fused-ring (bicyclic) bond motifs is 2. The van der Waals surface area contributed by atoms with Crippen LogP contribution in [0.25, 0.3) is 16.6 Å². The Hall–Kier alpha value is -3.22. The lowest BCUT2D eigenvalue weighted by Gasteiger charge is -2.30. The second kappa shape index (κ2) is 5.94. The Labute approximate surface area is 149 Å². The monoisotopic (exact) mass is 346 g/mol. The molecule has 0 aliphatic carbocycles. The van der Waals surface area contributed by atoms with E-state index >= 15 is 0 Å². The van der Waals surface area contributed by atoms with Gasteiger partial charge >= 0.3 is 0 Å². The normalized spacial score (nSPS) is 15.8. The number of hydrogen-bond donors (Lipinski definition) is 1. The summed E-state index contributed by atoms with van der Waals surface area (Å²) in [4.78, 5) is 14.8. The van der Waals surface area contributed by atoms with Gasteiger partial charge in [0.15, 0.2) is 11.3 Å². The number of carbonyl (C=O) groups excluding carboxylic acids is 1. The van der Waals surface area contributed by atoms with E-state index in [4.69, 9.17) is 0 Å². The number of benzene rings is 1. The first-order chi connectivity index (χ1) is 12.8. The molecule has 26 heavy (non-hydrogen) atoms. The van der Waals surface area contributed by atoms with Gasteiger partial charge in [-0.2, -0.15) is 5.10 Å². The zero-order valence-electron chi connectivity index (χ0n) is 14.2. The van der Waals surface area contributed by atoms with Crippen molar-refractivity contribution in [2.75, 3.05) is 13.1 Å². The number of likely N-dealkylation sites (tertiary alicyclic amines) is 1. The van der Waals surface area contributed by atoms with E-state index in [9.17, 15) is 4.79 Å². The maximum Gasteiger partial charge on any atom is 0.274 e. The van der Waals surface area contributed by atoms with Crippen molar-refractivity contribution in [2.45, 2.75) is 18.8 Å². The summed E-state index contributed by atoms with van der Waals surface area (Å²) in [5.41, 5.74) is 2.26. The van der Waals surface area contributed by atoms with E-state index in [1.165, 1.54) is 0 Å². The summed E-state index contributed by atoms with van der Waals surface area (Å²) in [5, 5.41) is 16.7. The number of nitrogens with zero attached hydrogens (tertiary/aromatic N) is 5. The Balaban J connectivity index is 1.35. The summed E-state index contributed by atoms with van der Waals surface area (Å²) in [7, 11) is 0. The van der Waals surface area contributed by atoms with Crippen LogP contribution < -0.4 is 0 Å². The van der Waals surface area contributed by atoms with Crippen LogP contribution in [0.15, 0.2) is 48.7 Å². The quantitative estimate of drug-likeness (QED) is 0.605. The van der Waals surface area contributed by atoms with Crippen molar-refractivity contribution in [2.24, 2.45) is 0 Å². The van der Waals surface area contributed by atoms with Crippen molar-refractivity contribution in [1.82, 2.24) is 29.7 Å². The van der Waals surface area contributed by atoms with Gasteiger partial charge in [-0.1, -0.05) is 24.3 Å². The Morgan fingerprint density at radius 3 is 2.73 bits per heavy atom. The number of hydrogen-bond acceptors (Lipinski definition) is 4. The number of pyridine rings is 1. The summed E-state index contributed by atoms with van der Waals surface area (Å²) >= 11 is 0. The summed E-state index contributed by atoms with van der Waals surface area (Å²) in [6.45, 7) is 1.40. The van der Waals surface area contributed by atoms with Crippen LogP contribution >= 0.6 is 0 Å². The Kier molecular flexibility index (Phi) is 3.44. The van der Waals surface area contributed by atoms with E-state index in [0.717, 1.165) is 35.2 Å². The maximum absolute atomic E-state index is 12.9. The zero-order valence-corrected chi connectivity index (χ0v) is 14.2. The number of para-hydroxylation sites is 1. The van der Waals surface area contributed by atoms with Gasteiger partial charge in [0, 0.05) is 30.6 Å². The molecular formula is C19H18N6O. The van der Waals surface area contributed by atoms with Crippen molar-refractivity contribution in [3.63, 3.8) is 0 Å². The highest BCUT2D eigenvalue weighted by Crippen LogP contribution is 2.28. The van der Waals surface area contributed by atoms with E-state index in [1.54, 1.807) is 0 Å². The average Bonchev–Trinajstić information content (AvgIpc) is 3.32. The molecule has 1 aliphatic heterocycles. The summed E-state index contributed by atoms with van der Waals surface area (Å²) < 4.78 is 2.05. The molecule has 1 aromatic carbocycles. The Bertz CT molecular complexity index is 1090. The molecule has 4 aromatic rings. The molecule has 1 N–H and O–H groups in total. The largest absolute Gasteiger partial charge is 0.337 e. The number of piperidine rings is 1. The fourth-order valence-corrected chi connectivity index (χ4v) is 3.76. The van der Waals surface area contributed by atoms with Crippen LogP contribution in [-0.4, -0.2) is 48.7 Å². The van der Waals surface area contributed by atoms with Crippen molar-refractivity contribution in [3.8, 4) is 0 Å². The Morgan fingerprint density at radius 1 is 1.04 bits per heavy atom. The number of H-pyrrole nitrogens is 1. The first-order valence-electron chi connectivity index (χ1n) is 8.83. The highest BCUT2D eigenvalue weighted by atomic mass is 16.2. The molecule has 1 saturated heterocycles. The number of rotatable bonds is 2. The Morgan fingerprint density at radius 2 is 1.85 bits per heavy atom. The van der Waals surface area contributed by atoms with Crippen molar-refractivity contribution in [3.05, 3.63) is 60.2 Å². The van der Waals surface area contributed by atoms with E-state index in [0.29, 0.717) is 24.7 Å². The average molecular weight is 346 g/mol. The molecule has 0 atom stereocenters. The fraction of sp³-hybridized carbons (Fsp3) is 0.263. The predicted molar refractivity (Wildman–Crippen MR) is 97.0 cm³/mol. The second-order valence-electron chi connectivity index (χ2n) is 6.67. The molecule has 0 spiro atoms. The van der Waals surface area contributed by atoms with Crippen LogP contribution in [0.1, 0.15) is 35.1 Å². The minimum Gasteiger partial charge on any atom is -0.337 e. The van der Waals surface area contributed by atoms with E-state index in [1.807, 2.05) is 58.0 Å². The second-order valence-corrected chi connectivity index (χ2v) is 6.67. The van der Waals surface area contributed by atoms with Gasteiger partial charge in [-0.05, 0) is 31.0 Å². The third-order valence-electron chi connectivity index (χ3n) is 5.16. The van der Waals surface area contributed by atoms with Crippen LogP contribution in [0, 0.1) is 0 Å². The van der Waals surface area contributed by atoms with Crippen molar-refractivity contribution >= 4 is 22.5 Å². The maximum atomic E-state index is 12.9. The molecule has 0 unspecified atom stereocenters. The van der Waals surface area contributed by atoms with Gasteiger partial charge in [0.1, 0.15) is 5.82 Å². The van der Waals surface area contributed by atoms with Gasteiger partial charge in [0.05, 0.1) is 5.52 Å². The molecule has 1 fully saturated rings. The molecule has 0 bridgehead atoms. The highest BCUT2D eigenvalue weighted by molar-refractivity contribution is 6.04. The molecule has 0 saturated carbocycles. The topological polar surface area (TPSA) is 79.2 Å². The minimum atomic E-state index is -0.00741. The number of carbonyl (C=O) groups is 1. The summed E-state index contributed by atoms with van der Waals surface area (Å²) in [6, 6.07) is 13.6. The fourth-order valence-electron chi connectivity index (χ4n) is 3.76. The molecule has 1 amide bonds. The highest BCUT2D eigenvalue weighted by Gasteiger charge is 2.29. The lowest BCUT2D eigenvalue weighted by Crippen LogP contribution is -2.38. The van der Waals surface area contributed by atoms with E-state index < -0.39 is 0 Å². The minimum absolute atomic E-state index is 0.00741. The van der Waals surface area contributed by atoms with Crippen molar-refractivity contribution in [1.29, 1.82) is 0 Å². The molecular weight excluding hydrogens is 328 g/mol. The SMILES string of the molecule is O=C(c1n[nH]c2ccccc12)N1CCC(c2nnc3ccccn23)CC1. The van der Waals surface area contributed by atoms with Gasteiger partial charge < -0.3 is 4.90 Å². The van der Waals surface area contributed by atoms with E-state index in [2.05, 4.69) is 20.4 Å². The van der Waals surface area contributed by atoms with Crippen LogP contribution in [-0.2, 0) is 0 Å². The van der Waals surface area contributed by atoms with Crippen molar-refractivity contribution < 1.29 is 4.79 Å². The first-order valence-corrected chi connectivity index (χ1v) is 8.83.